The third-order valence-electron chi connectivity index (χ3n) is 18.2. The summed E-state index contributed by atoms with van der Waals surface area (Å²) in [7, 11) is 0. The number of para-hydroxylation sites is 4. The van der Waals surface area contributed by atoms with Crippen LogP contribution in [0.2, 0.25) is 5.02 Å². The van der Waals surface area contributed by atoms with Crippen molar-refractivity contribution in [1.29, 1.82) is 0 Å². The monoisotopic (exact) mass is 1130 g/mol. The number of hydrogen-bond acceptors (Lipinski definition) is 6. The molecule has 0 saturated carbocycles. The van der Waals surface area contributed by atoms with E-state index in [0.717, 1.165) is 110 Å². The zero-order valence-corrected chi connectivity index (χ0v) is 48.0. The fraction of sp³-hybridized carbons (Fsp3) is 0.0769. The van der Waals surface area contributed by atoms with Crippen molar-refractivity contribution < 1.29 is 8.83 Å². The molecule has 0 saturated heterocycles. The predicted octanol–water partition coefficient (Wildman–Crippen LogP) is 19.4. The molecule has 8 heteroatoms. The molecule has 0 atom stereocenters. The summed E-state index contributed by atoms with van der Waals surface area (Å²) in [6.45, 7) is 2.13. The highest BCUT2D eigenvalue weighted by Crippen LogP contribution is 2.50. The quantitative estimate of drug-likeness (QED) is 0.148. The molecule has 0 aliphatic carbocycles. The number of hydrogen-bond donors (Lipinski definition) is 0. The Morgan fingerprint density at radius 1 is 0.372 bits per heavy atom. The molecule has 12 aromatic carbocycles. The van der Waals surface area contributed by atoms with Crippen LogP contribution in [0.15, 0.2) is 276 Å². The molecule has 14 aromatic rings. The Labute approximate surface area is 505 Å². The number of rotatable bonds is 7. The lowest BCUT2D eigenvalue weighted by Crippen LogP contribution is -2.62. The van der Waals surface area contributed by atoms with Crippen LogP contribution >= 0.6 is 11.6 Å². The third kappa shape index (κ3) is 8.09. The van der Waals surface area contributed by atoms with Crippen LogP contribution in [0.5, 0.6) is 0 Å². The van der Waals surface area contributed by atoms with Crippen LogP contribution in [-0.2, 0) is 12.8 Å². The molecular weight excluding hydrogens is 1070 g/mol. The van der Waals surface area contributed by atoms with E-state index in [-0.39, 0.29) is 6.71 Å². The highest BCUT2D eigenvalue weighted by atomic mass is 35.5. The molecule has 4 aliphatic heterocycles. The van der Waals surface area contributed by atoms with E-state index < -0.39 is 0 Å². The Hall–Kier alpha value is -10.2. The molecule has 0 fully saturated rings. The Bertz CT molecular complexity index is 4960. The smallest absolute Gasteiger partial charge is 0.252 e. The molecule has 0 bridgehead atoms. The van der Waals surface area contributed by atoms with E-state index in [1.165, 1.54) is 84.6 Å². The standard InChI is InChI=1S/C39H27BN2O.C39H29ClN2O/c1-2-10-25(11-3-1)27-21-22-31-30(24-27)40-29-15-6-12-26-13-9-23-41(39(26)29)33-17-7-18-34(38(33)40)42(31)32-16-8-20-36-37(32)28-14-4-5-19-35(28)43-36;40-39-34(41-26-10-14-29-13-4-6-16-32(29)41)18-8-19-35(39)42(30-24-22-28(23-25-30)27-11-2-1-3-12-27)33-17-9-21-37-38(33)31-15-5-7-20-36(31)43-37/h1-8,10-12,14-22,24H,9,13,23H2;1-9,11-13,15-25H,10,14,26H2. The van der Waals surface area contributed by atoms with E-state index >= 15 is 0 Å². The van der Waals surface area contributed by atoms with Gasteiger partial charge in [-0.3, -0.25) is 0 Å². The summed E-state index contributed by atoms with van der Waals surface area (Å²) < 4.78 is 12.7. The molecule has 0 spiro atoms. The lowest BCUT2D eigenvalue weighted by Gasteiger charge is -2.46. The van der Waals surface area contributed by atoms with Gasteiger partial charge in [0.05, 0.1) is 38.5 Å². The zero-order valence-electron chi connectivity index (χ0n) is 47.2. The second-order valence-electron chi connectivity index (χ2n) is 23.0. The van der Waals surface area contributed by atoms with E-state index in [4.69, 9.17) is 20.4 Å². The number of halogens is 1. The maximum absolute atomic E-state index is 7.47. The minimum absolute atomic E-state index is 0.158. The van der Waals surface area contributed by atoms with E-state index in [1.54, 1.807) is 0 Å². The summed E-state index contributed by atoms with van der Waals surface area (Å²) in [5, 5.41) is 5.17. The minimum atomic E-state index is 0.158. The maximum atomic E-state index is 7.47. The van der Waals surface area contributed by atoms with Gasteiger partial charge in [-0.25, -0.2) is 0 Å². The fourth-order valence-electron chi connectivity index (χ4n) is 14.5. The molecule has 86 heavy (non-hydrogen) atoms. The SMILES string of the molecule is Clc1c(N2CCCc3ccccc32)cccc1N(c1ccc(-c2ccccc2)cc1)c1cccc2oc3ccccc3c12.c1ccc(-c2ccc3c(c2)B2c4cccc5c4N(CCC5)c4cccc(c42)N3c2cccc3oc4ccccc4c23)cc1. The Balaban J connectivity index is 0.000000134. The van der Waals surface area contributed by atoms with Crippen LogP contribution in [0.3, 0.4) is 0 Å². The first-order valence-electron chi connectivity index (χ1n) is 30.0. The van der Waals surface area contributed by atoms with Crippen molar-refractivity contribution in [2.75, 3.05) is 32.7 Å². The molecule has 410 valence electrons. The van der Waals surface area contributed by atoms with E-state index in [1.807, 2.05) is 30.3 Å². The number of benzene rings is 12. The van der Waals surface area contributed by atoms with Crippen molar-refractivity contribution in [3.63, 3.8) is 0 Å². The van der Waals surface area contributed by atoms with Gasteiger partial charge in [0, 0.05) is 58.0 Å². The molecule has 4 aliphatic rings. The van der Waals surface area contributed by atoms with E-state index in [2.05, 4.69) is 256 Å². The van der Waals surface area contributed by atoms with Crippen molar-refractivity contribution in [1.82, 2.24) is 0 Å². The maximum Gasteiger partial charge on any atom is 0.252 e. The molecule has 0 unspecified atom stereocenters. The zero-order chi connectivity index (χ0) is 56.8. The van der Waals surface area contributed by atoms with Crippen molar-refractivity contribution in [2.24, 2.45) is 0 Å². The first-order valence-corrected chi connectivity index (χ1v) is 30.4. The van der Waals surface area contributed by atoms with Crippen molar-refractivity contribution in [3.05, 3.63) is 283 Å². The molecule has 18 rings (SSSR count). The topological polar surface area (TPSA) is 39.2 Å². The molecule has 0 N–H and O–H groups in total. The largest absolute Gasteiger partial charge is 0.456 e. The van der Waals surface area contributed by atoms with Crippen molar-refractivity contribution in [2.45, 2.75) is 25.7 Å². The normalized spacial score (nSPS) is 13.7. The first kappa shape index (κ1) is 50.3. The highest BCUT2D eigenvalue weighted by molar-refractivity contribution is 7.00. The van der Waals surface area contributed by atoms with Crippen LogP contribution in [0.4, 0.5) is 56.9 Å². The summed E-state index contributed by atoms with van der Waals surface area (Å²) in [5.74, 6) is 0. The van der Waals surface area contributed by atoms with Gasteiger partial charge in [0.25, 0.3) is 6.71 Å². The summed E-state index contributed by atoms with van der Waals surface area (Å²) >= 11 is 7.47. The van der Waals surface area contributed by atoms with Gasteiger partial charge < -0.3 is 28.4 Å². The predicted molar refractivity (Wildman–Crippen MR) is 361 cm³/mol. The second kappa shape index (κ2) is 20.5. The van der Waals surface area contributed by atoms with E-state index in [0.29, 0.717) is 0 Å². The minimum Gasteiger partial charge on any atom is -0.456 e. The van der Waals surface area contributed by atoms with Crippen LogP contribution in [0.1, 0.15) is 24.0 Å². The fourth-order valence-corrected chi connectivity index (χ4v) is 14.8. The summed E-state index contributed by atoms with van der Waals surface area (Å²) in [6.07, 6.45) is 4.48. The molecule has 2 aromatic heterocycles. The van der Waals surface area contributed by atoms with Gasteiger partial charge in [0.1, 0.15) is 22.3 Å². The lowest BCUT2D eigenvalue weighted by molar-refractivity contribution is 0.668. The van der Waals surface area contributed by atoms with Gasteiger partial charge in [-0.05, 0) is 160 Å². The summed E-state index contributed by atoms with van der Waals surface area (Å²) in [4.78, 5) is 9.75. The Kier molecular flexibility index (Phi) is 12.0. The number of nitrogens with zero attached hydrogens (tertiary/aromatic N) is 4. The number of fused-ring (bicyclic) bond motifs is 11. The summed E-state index contributed by atoms with van der Waals surface area (Å²) in [5.41, 5.74) is 27.0. The third-order valence-corrected chi connectivity index (χ3v) is 18.6. The number of anilines is 10. The first-order chi connectivity index (χ1) is 42.6. The van der Waals surface area contributed by atoms with Gasteiger partial charge in [-0.1, -0.05) is 194 Å². The highest BCUT2D eigenvalue weighted by Gasteiger charge is 2.44. The Morgan fingerprint density at radius 3 is 1.70 bits per heavy atom. The van der Waals surface area contributed by atoms with Gasteiger partial charge in [0.2, 0.25) is 0 Å². The molecule has 6 nitrogen and oxygen atoms in total. The average Bonchev–Trinajstić information content (AvgIpc) is 0.952. The van der Waals surface area contributed by atoms with Gasteiger partial charge in [0.15, 0.2) is 0 Å². The van der Waals surface area contributed by atoms with Crippen molar-refractivity contribution in [3.8, 4) is 22.3 Å². The number of aryl methyl sites for hydroxylation is 2. The van der Waals surface area contributed by atoms with Crippen LogP contribution < -0.4 is 36.0 Å². The van der Waals surface area contributed by atoms with Crippen LogP contribution in [-0.4, -0.2) is 19.8 Å². The lowest BCUT2D eigenvalue weighted by atomic mass is 9.33. The van der Waals surface area contributed by atoms with Gasteiger partial charge in [-0.15, -0.1) is 0 Å². The van der Waals surface area contributed by atoms with Crippen LogP contribution in [0, 0.1) is 0 Å². The molecule has 0 amide bonds. The molecule has 0 radical (unpaired) electrons. The molecule has 6 heterocycles. The average molecular weight is 1130 g/mol. The van der Waals surface area contributed by atoms with Crippen molar-refractivity contribution >= 4 is 135 Å². The van der Waals surface area contributed by atoms with Crippen LogP contribution in [0.25, 0.3) is 66.1 Å². The van der Waals surface area contributed by atoms with Gasteiger partial charge in [-0.2, -0.15) is 0 Å². The van der Waals surface area contributed by atoms with E-state index in [9.17, 15) is 0 Å². The molecular formula is C78H56BClN4O2. The Morgan fingerprint density at radius 2 is 0.907 bits per heavy atom. The second-order valence-corrected chi connectivity index (χ2v) is 23.3. The van der Waals surface area contributed by atoms with Gasteiger partial charge >= 0.3 is 0 Å². The summed E-state index contributed by atoms with van der Waals surface area (Å²) in [6, 6.07) is 95.4. The number of furan rings is 2.